The van der Waals surface area contributed by atoms with Crippen molar-refractivity contribution in [2.45, 2.75) is 0 Å². The normalized spacial score (nSPS) is 13.1. The molecule has 0 amide bonds. The summed E-state index contributed by atoms with van der Waals surface area (Å²) in [6.07, 6.45) is 1.73. The average Bonchev–Trinajstić information content (AvgIpc) is 2.13. The molecule has 14 heavy (non-hydrogen) atoms. The van der Waals surface area contributed by atoms with Crippen LogP contribution in [-0.2, 0) is 0 Å². The van der Waals surface area contributed by atoms with Crippen molar-refractivity contribution in [1.29, 1.82) is 0 Å². The van der Waals surface area contributed by atoms with Crippen molar-refractivity contribution in [3.05, 3.63) is 42.2 Å². The minimum atomic E-state index is -2.64. The number of benzene rings is 1. The first-order valence-corrected chi connectivity index (χ1v) is 9.11. The molecule has 0 radical (unpaired) electrons. The predicted octanol–water partition coefficient (Wildman–Crippen LogP) is 4.79. The van der Waals surface area contributed by atoms with Gasteiger partial charge in [0.25, 0.3) is 0 Å². The molecule has 0 spiro atoms. The molecule has 0 bridgehead atoms. The third-order valence-corrected chi connectivity index (χ3v) is 3.14. The minimum absolute atomic E-state index is 0.422. The van der Waals surface area contributed by atoms with Crippen molar-refractivity contribution < 1.29 is 4.74 Å². The summed E-state index contributed by atoms with van der Waals surface area (Å²) in [5, 5.41) is -2.64. The van der Waals surface area contributed by atoms with Gasteiger partial charge in [-0.1, -0.05) is 0 Å². The van der Waals surface area contributed by atoms with E-state index in [-0.39, 0.29) is 0 Å². The van der Waals surface area contributed by atoms with E-state index in [1.54, 1.807) is 11.9 Å². The van der Waals surface area contributed by atoms with Crippen LogP contribution in [0, 0.1) is 0 Å². The van der Waals surface area contributed by atoms with Crippen LogP contribution in [0.5, 0.6) is 5.75 Å². The Bertz CT molecular complexity index is 295. The van der Waals surface area contributed by atoms with Crippen LogP contribution < -0.4 is 4.74 Å². The fourth-order valence-corrected chi connectivity index (χ4v) is 2.01. The number of rotatable bonds is 4. The van der Waals surface area contributed by atoms with Gasteiger partial charge in [0.2, 0.25) is 0 Å². The van der Waals surface area contributed by atoms with Gasteiger partial charge in [-0.3, -0.25) is 0 Å². The van der Waals surface area contributed by atoms with Crippen molar-refractivity contribution >= 4 is 39.0 Å². The Balaban J connectivity index is 2.33. The van der Waals surface area contributed by atoms with Crippen LogP contribution in [0.4, 0.5) is 0 Å². The van der Waals surface area contributed by atoms with Crippen LogP contribution in [0.25, 0.3) is 0 Å². The molecule has 0 aliphatic carbocycles. The van der Waals surface area contributed by atoms with E-state index in [1.165, 1.54) is 0 Å². The first-order chi connectivity index (χ1) is 6.58. The number of hydrogen-bond acceptors (Lipinski definition) is 1. The van der Waals surface area contributed by atoms with Crippen LogP contribution in [0.3, 0.4) is 0 Å². The molecule has 0 saturated heterocycles. The molecule has 0 aromatic heterocycles. The van der Waals surface area contributed by atoms with Gasteiger partial charge in [-0.2, -0.15) is 0 Å². The molecule has 0 fully saturated rings. The first-order valence-electron chi connectivity index (χ1n) is 4.00. The van der Waals surface area contributed by atoms with E-state index >= 15 is 0 Å². The average molecular weight is 272 g/mol. The van der Waals surface area contributed by atoms with Crippen LogP contribution in [-0.4, -0.2) is 6.61 Å². The van der Waals surface area contributed by atoms with Crippen LogP contribution in [0.15, 0.2) is 42.2 Å². The van der Waals surface area contributed by atoms with Gasteiger partial charge in [0.1, 0.15) is 0 Å². The molecule has 0 saturated carbocycles. The second kappa shape index (κ2) is 5.82. The summed E-state index contributed by atoms with van der Waals surface area (Å²) < 4.78 is 5.36. The first kappa shape index (κ1) is 12.1. The van der Waals surface area contributed by atoms with Gasteiger partial charge in [0.15, 0.2) is 0 Å². The van der Waals surface area contributed by atoms with Crippen molar-refractivity contribution in [3.8, 4) is 5.75 Å². The molecule has 0 aliphatic rings. The van der Waals surface area contributed by atoms with Crippen molar-refractivity contribution in [3.63, 3.8) is 0 Å². The number of hydrogen-bond donors (Lipinski definition) is 0. The maximum absolute atomic E-state index is 5.64. The Morgan fingerprint density at radius 2 is 1.79 bits per heavy atom. The summed E-state index contributed by atoms with van der Waals surface area (Å²) in [6, 6.07) is 9.49. The van der Waals surface area contributed by atoms with Crippen molar-refractivity contribution in [2.24, 2.45) is 0 Å². The van der Waals surface area contributed by atoms with Gasteiger partial charge in [-0.25, -0.2) is 0 Å². The summed E-state index contributed by atoms with van der Waals surface area (Å²) in [4.78, 5) is 0. The zero-order valence-corrected chi connectivity index (χ0v) is 10.6. The van der Waals surface area contributed by atoms with Crippen molar-refractivity contribution in [1.82, 2.24) is 0 Å². The fraction of sp³-hybridized carbons (Fsp3) is 0.111. The summed E-state index contributed by atoms with van der Waals surface area (Å²) in [5.41, 5.74) is 0. The number of halogens is 3. The molecule has 0 heterocycles. The quantitative estimate of drug-likeness (QED) is 0.715. The van der Waals surface area contributed by atoms with Gasteiger partial charge in [0, 0.05) is 0 Å². The molecular weight excluding hydrogens is 261 g/mol. The third-order valence-electron chi connectivity index (χ3n) is 1.40. The Kier molecular flexibility index (Phi) is 5.05. The predicted molar refractivity (Wildman–Crippen MR) is 67.0 cm³/mol. The Hall–Kier alpha value is 0.0600. The van der Waals surface area contributed by atoms with Crippen molar-refractivity contribution in [2.75, 3.05) is 6.61 Å². The standard InChI is InChI=1S/C9H10Cl3OP/c10-14(11,12)8-4-7-13-9-5-2-1-3-6-9/h1-6,8,14H,7H2/b8-4+. The van der Waals surface area contributed by atoms with Gasteiger partial charge < -0.3 is 0 Å². The van der Waals surface area contributed by atoms with E-state index in [9.17, 15) is 0 Å². The Labute approximate surface area is 98.3 Å². The molecule has 78 valence electrons. The van der Waals surface area contributed by atoms with Crippen LogP contribution in [0.2, 0.25) is 0 Å². The van der Waals surface area contributed by atoms with Gasteiger partial charge in [0.05, 0.1) is 0 Å². The van der Waals surface area contributed by atoms with E-state index in [2.05, 4.69) is 0 Å². The summed E-state index contributed by atoms with van der Waals surface area (Å²) in [6.45, 7) is 0.422. The zero-order valence-electron chi connectivity index (χ0n) is 7.29. The van der Waals surface area contributed by atoms with Gasteiger partial charge >= 0.3 is 98.4 Å². The molecular formula is C9H10Cl3OP. The molecule has 0 N–H and O–H groups in total. The van der Waals surface area contributed by atoms with E-state index in [1.807, 2.05) is 30.3 Å². The summed E-state index contributed by atoms with van der Waals surface area (Å²) in [5.74, 6) is 2.41. The SMILES string of the molecule is Cl[PH](Cl)(Cl)/C=C/COc1ccccc1. The topological polar surface area (TPSA) is 9.23 Å². The molecule has 1 nitrogen and oxygen atoms in total. The van der Waals surface area contributed by atoms with E-state index in [0.29, 0.717) is 6.61 Å². The number of ether oxygens (including phenoxy) is 1. The molecule has 0 aliphatic heterocycles. The van der Waals surface area contributed by atoms with Crippen LogP contribution in [0.1, 0.15) is 0 Å². The fourth-order valence-electron chi connectivity index (χ4n) is 0.843. The van der Waals surface area contributed by atoms with E-state index in [4.69, 9.17) is 38.5 Å². The molecule has 0 atom stereocenters. The third kappa shape index (κ3) is 5.72. The molecule has 1 rings (SSSR count). The molecule has 0 unspecified atom stereocenters. The Morgan fingerprint density at radius 1 is 1.14 bits per heavy atom. The monoisotopic (exact) mass is 270 g/mol. The zero-order chi connectivity index (χ0) is 10.4. The summed E-state index contributed by atoms with van der Waals surface area (Å²) >= 11 is 16.9. The molecule has 5 heteroatoms. The van der Waals surface area contributed by atoms with E-state index in [0.717, 1.165) is 5.75 Å². The molecule has 1 aromatic rings. The van der Waals surface area contributed by atoms with Gasteiger partial charge in [-0.05, 0) is 0 Å². The molecule has 1 aromatic carbocycles. The second-order valence-corrected chi connectivity index (χ2v) is 11.1. The van der Waals surface area contributed by atoms with Gasteiger partial charge in [-0.15, -0.1) is 0 Å². The summed E-state index contributed by atoms with van der Waals surface area (Å²) in [7, 11) is 0. The maximum atomic E-state index is 5.64. The second-order valence-electron chi connectivity index (χ2n) is 2.57. The van der Waals surface area contributed by atoms with E-state index < -0.39 is 5.32 Å². The van der Waals surface area contributed by atoms with Crippen LogP contribution >= 0.6 is 39.0 Å². The number of para-hydroxylation sites is 1. The Morgan fingerprint density at radius 3 is 2.36 bits per heavy atom.